The van der Waals surface area contributed by atoms with Crippen molar-refractivity contribution in [2.24, 2.45) is 0 Å². The van der Waals surface area contributed by atoms with E-state index in [-0.39, 0.29) is 18.0 Å². The summed E-state index contributed by atoms with van der Waals surface area (Å²) in [6.07, 6.45) is -4.26. The van der Waals surface area contributed by atoms with Gasteiger partial charge >= 0.3 is 6.18 Å². The van der Waals surface area contributed by atoms with Gasteiger partial charge in [0.1, 0.15) is 0 Å². The number of hydrogen-bond acceptors (Lipinski definition) is 2. The van der Waals surface area contributed by atoms with Crippen LogP contribution >= 0.6 is 11.3 Å². The lowest BCUT2D eigenvalue weighted by Gasteiger charge is -2.09. The van der Waals surface area contributed by atoms with Crippen LogP contribution < -0.4 is 5.32 Å². The van der Waals surface area contributed by atoms with Crippen LogP contribution in [0, 0.1) is 0 Å². The lowest BCUT2D eigenvalue weighted by atomic mass is 10.2. The number of rotatable bonds is 3. The van der Waals surface area contributed by atoms with Crippen molar-refractivity contribution in [2.75, 3.05) is 5.32 Å². The van der Waals surface area contributed by atoms with Gasteiger partial charge in [-0.1, -0.05) is 6.07 Å². The van der Waals surface area contributed by atoms with Gasteiger partial charge in [0.2, 0.25) is 5.91 Å². The molecule has 19 heavy (non-hydrogen) atoms. The molecule has 1 aromatic heterocycles. The smallest absolute Gasteiger partial charge is 0.326 e. The number of halogens is 3. The Balaban J connectivity index is 2.05. The van der Waals surface area contributed by atoms with Gasteiger partial charge in [-0.25, -0.2) is 0 Å². The molecule has 100 valence electrons. The molecule has 0 bridgehead atoms. The molecule has 1 amide bonds. The number of thiophene rings is 1. The van der Waals surface area contributed by atoms with Crippen molar-refractivity contribution in [3.63, 3.8) is 0 Å². The van der Waals surface area contributed by atoms with E-state index in [1.165, 1.54) is 23.5 Å². The molecule has 0 spiro atoms. The number of benzene rings is 1. The first-order valence-electron chi connectivity index (χ1n) is 5.43. The van der Waals surface area contributed by atoms with E-state index in [1.807, 2.05) is 10.8 Å². The SMILES string of the molecule is O=C(Cc1ccsc1)Nc1cccc(C(F)(F)F)c1. The molecular weight excluding hydrogens is 275 g/mol. The molecule has 2 aromatic rings. The molecule has 0 unspecified atom stereocenters. The third kappa shape index (κ3) is 3.82. The first-order chi connectivity index (χ1) is 8.95. The summed E-state index contributed by atoms with van der Waals surface area (Å²) in [7, 11) is 0. The summed E-state index contributed by atoms with van der Waals surface area (Å²) in [5.74, 6) is -0.335. The first kappa shape index (κ1) is 13.6. The molecule has 0 fully saturated rings. The molecule has 0 saturated heterocycles. The van der Waals surface area contributed by atoms with Crippen LogP contribution in [-0.4, -0.2) is 5.91 Å². The highest BCUT2D eigenvalue weighted by Crippen LogP contribution is 2.30. The fraction of sp³-hybridized carbons (Fsp3) is 0.154. The molecule has 0 aliphatic rings. The second kappa shape index (κ2) is 5.44. The van der Waals surface area contributed by atoms with Gasteiger partial charge in [-0.2, -0.15) is 24.5 Å². The van der Waals surface area contributed by atoms with E-state index >= 15 is 0 Å². The van der Waals surface area contributed by atoms with Gasteiger partial charge in [0.15, 0.2) is 0 Å². The van der Waals surface area contributed by atoms with Crippen LogP contribution in [0.15, 0.2) is 41.1 Å². The minimum absolute atomic E-state index is 0.148. The van der Waals surface area contributed by atoms with Crippen LogP contribution in [0.1, 0.15) is 11.1 Å². The van der Waals surface area contributed by atoms with Gasteiger partial charge in [-0.05, 0) is 40.6 Å². The van der Waals surface area contributed by atoms with E-state index in [1.54, 1.807) is 6.07 Å². The van der Waals surface area contributed by atoms with Crippen LogP contribution in [0.3, 0.4) is 0 Å². The zero-order chi connectivity index (χ0) is 13.9. The summed E-state index contributed by atoms with van der Waals surface area (Å²) < 4.78 is 37.5. The minimum atomic E-state index is -4.41. The predicted molar refractivity (Wildman–Crippen MR) is 68.1 cm³/mol. The fourth-order valence-corrected chi connectivity index (χ4v) is 2.23. The molecule has 1 aromatic carbocycles. The Morgan fingerprint density at radius 3 is 2.68 bits per heavy atom. The van der Waals surface area contributed by atoms with E-state index in [9.17, 15) is 18.0 Å². The zero-order valence-electron chi connectivity index (χ0n) is 9.70. The maximum atomic E-state index is 12.5. The van der Waals surface area contributed by atoms with E-state index in [0.717, 1.165) is 17.7 Å². The fourth-order valence-electron chi connectivity index (χ4n) is 1.56. The number of anilines is 1. The molecule has 6 heteroatoms. The Bertz CT molecular complexity index is 564. The molecule has 0 aliphatic heterocycles. The third-order valence-corrected chi connectivity index (χ3v) is 3.15. The van der Waals surface area contributed by atoms with Crippen molar-refractivity contribution >= 4 is 22.9 Å². The highest BCUT2D eigenvalue weighted by Gasteiger charge is 2.30. The van der Waals surface area contributed by atoms with Crippen molar-refractivity contribution < 1.29 is 18.0 Å². The van der Waals surface area contributed by atoms with Crippen LogP contribution in [0.25, 0.3) is 0 Å². The Morgan fingerprint density at radius 2 is 2.05 bits per heavy atom. The van der Waals surface area contributed by atoms with E-state index in [4.69, 9.17) is 0 Å². The predicted octanol–water partition coefficient (Wildman–Crippen LogP) is 3.95. The van der Waals surface area contributed by atoms with Crippen LogP contribution in [0.4, 0.5) is 18.9 Å². The summed E-state index contributed by atoms with van der Waals surface area (Å²) in [5, 5.41) is 6.12. The van der Waals surface area contributed by atoms with Gasteiger partial charge < -0.3 is 5.32 Å². The van der Waals surface area contributed by atoms with Crippen LogP contribution in [0.5, 0.6) is 0 Å². The summed E-state index contributed by atoms with van der Waals surface area (Å²) in [6, 6.07) is 6.39. The molecule has 1 N–H and O–H groups in total. The average Bonchev–Trinajstić information content (AvgIpc) is 2.80. The number of nitrogens with one attached hydrogen (secondary N) is 1. The lowest BCUT2D eigenvalue weighted by molar-refractivity contribution is -0.137. The normalized spacial score (nSPS) is 11.3. The van der Waals surface area contributed by atoms with Gasteiger partial charge in [-0.3, -0.25) is 4.79 Å². The summed E-state index contributed by atoms with van der Waals surface area (Å²) in [4.78, 5) is 11.7. The Kier molecular flexibility index (Phi) is 3.90. The molecule has 1 heterocycles. The van der Waals surface area contributed by atoms with E-state index < -0.39 is 11.7 Å². The van der Waals surface area contributed by atoms with Crippen LogP contribution in [0.2, 0.25) is 0 Å². The number of alkyl halides is 3. The van der Waals surface area contributed by atoms with E-state index in [2.05, 4.69) is 5.32 Å². The Labute approximate surface area is 111 Å². The largest absolute Gasteiger partial charge is 0.416 e. The number of carbonyl (C=O) groups excluding carboxylic acids is 1. The molecule has 0 atom stereocenters. The van der Waals surface area contributed by atoms with E-state index in [0.29, 0.717) is 0 Å². The molecule has 2 nitrogen and oxygen atoms in total. The monoisotopic (exact) mass is 285 g/mol. The molecule has 0 radical (unpaired) electrons. The quantitative estimate of drug-likeness (QED) is 0.909. The molecule has 0 saturated carbocycles. The van der Waals surface area contributed by atoms with Crippen molar-refractivity contribution in [1.29, 1.82) is 0 Å². The molecule has 2 rings (SSSR count). The topological polar surface area (TPSA) is 29.1 Å². The van der Waals surface area contributed by atoms with Gasteiger partial charge in [0.05, 0.1) is 12.0 Å². The van der Waals surface area contributed by atoms with Crippen molar-refractivity contribution in [3.05, 3.63) is 52.2 Å². The van der Waals surface area contributed by atoms with Gasteiger partial charge in [0.25, 0.3) is 0 Å². The summed E-state index contributed by atoms with van der Waals surface area (Å²) in [5.41, 5.74) is 0.213. The van der Waals surface area contributed by atoms with Crippen LogP contribution in [-0.2, 0) is 17.4 Å². The standard InChI is InChI=1S/C13H10F3NOS/c14-13(15,16)10-2-1-3-11(7-10)17-12(18)6-9-4-5-19-8-9/h1-5,7-8H,6H2,(H,17,18). The Morgan fingerprint density at radius 1 is 1.26 bits per heavy atom. The summed E-state index contributed by atoms with van der Waals surface area (Å²) in [6.45, 7) is 0. The molecule has 0 aliphatic carbocycles. The zero-order valence-corrected chi connectivity index (χ0v) is 10.5. The van der Waals surface area contributed by atoms with Crippen molar-refractivity contribution in [1.82, 2.24) is 0 Å². The average molecular weight is 285 g/mol. The number of amides is 1. The molecular formula is C13H10F3NOS. The maximum absolute atomic E-state index is 12.5. The lowest BCUT2D eigenvalue weighted by Crippen LogP contribution is -2.14. The second-order valence-electron chi connectivity index (χ2n) is 3.94. The first-order valence-corrected chi connectivity index (χ1v) is 6.37. The van der Waals surface area contributed by atoms with Gasteiger partial charge in [0, 0.05) is 5.69 Å². The maximum Gasteiger partial charge on any atom is 0.416 e. The van der Waals surface area contributed by atoms with Crippen molar-refractivity contribution in [2.45, 2.75) is 12.6 Å². The number of hydrogen-bond donors (Lipinski definition) is 1. The minimum Gasteiger partial charge on any atom is -0.326 e. The Hall–Kier alpha value is -1.82. The third-order valence-electron chi connectivity index (χ3n) is 2.42. The van der Waals surface area contributed by atoms with Gasteiger partial charge in [-0.15, -0.1) is 0 Å². The highest BCUT2D eigenvalue weighted by atomic mass is 32.1. The highest BCUT2D eigenvalue weighted by molar-refractivity contribution is 7.08. The second-order valence-corrected chi connectivity index (χ2v) is 4.72. The number of carbonyl (C=O) groups is 1. The summed E-state index contributed by atoms with van der Waals surface area (Å²) >= 11 is 1.46. The van der Waals surface area contributed by atoms with Crippen molar-refractivity contribution in [3.8, 4) is 0 Å².